The summed E-state index contributed by atoms with van der Waals surface area (Å²) in [6, 6.07) is 14.0. The van der Waals surface area contributed by atoms with Crippen molar-refractivity contribution in [2.45, 2.75) is 13.5 Å². The van der Waals surface area contributed by atoms with E-state index in [0.717, 1.165) is 22.6 Å². The number of carbonyl (C=O) groups excluding carboxylic acids is 2. The second-order valence-electron chi connectivity index (χ2n) is 6.25. The van der Waals surface area contributed by atoms with Crippen LogP contribution >= 0.6 is 11.3 Å². The van der Waals surface area contributed by atoms with Gasteiger partial charge in [-0.25, -0.2) is 9.78 Å². The fraction of sp³-hybridized carbons (Fsp3) is 0.190. The minimum absolute atomic E-state index is 0.258. The third-order valence-corrected chi connectivity index (χ3v) is 5.24. The first kappa shape index (κ1) is 21.1. The number of hydrogen-bond acceptors (Lipinski definition) is 6. The number of nitrogens with zero attached hydrogens (tertiary/aromatic N) is 1. The lowest BCUT2D eigenvalue weighted by Gasteiger charge is -2.09. The molecule has 156 valence electrons. The number of urea groups is 1. The molecule has 8 nitrogen and oxygen atoms in total. The number of thiazole rings is 1. The number of aromatic nitrogens is 1. The number of aryl methyl sites for hydroxylation is 1. The van der Waals surface area contributed by atoms with Crippen molar-refractivity contribution in [3.8, 4) is 11.5 Å². The number of carbonyl (C=O) groups is 2. The maximum Gasteiger partial charge on any atom is 0.325 e. The van der Waals surface area contributed by atoms with Gasteiger partial charge in [0, 0.05) is 6.54 Å². The van der Waals surface area contributed by atoms with Crippen molar-refractivity contribution in [2.75, 3.05) is 24.9 Å². The number of nitrogens with one attached hydrogen (secondary N) is 3. The molecular formula is C21H22N4O4S. The van der Waals surface area contributed by atoms with Crippen LogP contribution in [0.1, 0.15) is 20.9 Å². The lowest BCUT2D eigenvalue weighted by atomic mass is 10.2. The van der Waals surface area contributed by atoms with E-state index in [1.807, 2.05) is 30.3 Å². The zero-order chi connectivity index (χ0) is 21.5. The van der Waals surface area contributed by atoms with Crippen molar-refractivity contribution < 1.29 is 19.1 Å². The number of anilines is 2. The summed E-state index contributed by atoms with van der Waals surface area (Å²) in [5.74, 6) is 1.01. The fourth-order valence-corrected chi connectivity index (χ4v) is 3.58. The van der Waals surface area contributed by atoms with E-state index < -0.39 is 6.03 Å². The van der Waals surface area contributed by atoms with Crippen LogP contribution in [0, 0.1) is 6.92 Å². The van der Waals surface area contributed by atoms with Crippen molar-refractivity contribution in [1.82, 2.24) is 10.3 Å². The lowest BCUT2D eigenvalue weighted by Crippen LogP contribution is -2.22. The third-order valence-electron chi connectivity index (χ3n) is 4.17. The van der Waals surface area contributed by atoms with Gasteiger partial charge in [-0.1, -0.05) is 35.6 Å². The van der Waals surface area contributed by atoms with Crippen molar-refractivity contribution in [3.05, 3.63) is 64.7 Å². The molecular weight excluding hydrogens is 404 g/mol. The van der Waals surface area contributed by atoms with E-state index in [2.05, 4.69) is 20.9 Å². The zero-order valence-electron chi connectivity index (χ0n) is 16.8. The van der Waals surface area contributed by atoms with Crippen molar-refractivity contribution in [3.63, 3.8) is 0 Å². The van der Waals surface area contributed by atoms with Gasteiger partial charge in [-0.05, 0) is 36.8 Å². The molecule has 2 aromatic carbocycles. The summed E-state index contributed by atoms with van der Waals surface area (Å²) >= 11 is 1.11. The molecule has 1 heterocycles. The molecule has 0 aliphatic heterocycles. The molecule has 0 fully saturated rings. The van der Waals surface area contributed by atoms with Crippen LogP contribution in [0.25, 0.3) is 0 Å². The van der Waals surface area contributed by atoms with Gasteiger partial charge in [0.1, 0.15) is 16.4 Å². The Kier molecular flexibility index (Phi) is 6.87. The van der Waals surface area contributed by atoms with Crippen LogP contribution < -0.4 is 25.4 Å². The van der Waals surface area contributed by atoms with E-state index in [1.54, 1.807) is 32.2 Å². The van der Waals surface area contributed by atoms with Gasteiger partial charge in [0.25, 0.3) is 5.91 Å². The van der Waals surface area contributed by atoms with E-state index in [-0.39, 0.29) is 5.91 Å². The van der Waals surface area contributed by atoms with Gasteiger partial charge >= 0.3 is 6.03 Å². The van der Waals surface area contributed by atoms with Gasteiger partial charge < -0.3 is 20.1 Å². The summed E-state index contributed by atoms with van der Waals surface area (Å²) in [7, 11) is 3.12. The predicted octanol–water partition coefficient (Wildman–Crippen LogP) is 4.04. The minimum Gasteiger partial charge on any atom is -0.497 e. The summed E-state index contributed by atoms with van der Waals surface area (Å²) in [5, 5.41) is 8.54. The van der Waals surface area contributed by atoms with Crippen molar-refractivity contribution in [1.29, 1.82) is 0 Å². The van der Waals surface area contributed by atoms with Gasteiger partial charge in [-0.2, -0.15) is 0 Å². The van der Waals surface area contributed by atoms with Crippen LogP contribution in [0.3, 0.4) is 0 Å². The van der Waals surface area contributed by atoms with Crippen LogP contribution in [0.4, 0.5) is 15.6 Å². The SMILES string of the molecule is COc1cccc(CNC(=O)c2sc(NC(=O)Nc3ccccc3OC)nc2C)c1. The Labute approximate surface area is 178 Å². The average Bonchev–Trinajstić information content (AvgIpc) is 3.12. The molecule has 0 atom stereocenters. The van der Waals surface area contributed by atoms with E-state index in [0.29, 0.717) is 33.7 Å². The Morgan fingerprint density at radius 1 is 1.03 bits per heavy atom. The zero-order valence-corrected chi connectivity index (χ0v) is 17.6. The highest BCUT2D eigenvalue weighted by atomic mass is 32.1. The molecule has 0 aliphatic rings. The van der Waals surface area contributed by atoms with E-state index >= 15 is 0 Å². The lowest BCUT2D eigenvalue weighted by molar-refractivity contribution is 0.0954. The van der Waals surface area contributed by atoms with Crippen LogP contribution in [-0.2, 0) is 6.54 Å². The Hall–Kier alpha value is -3.59. The second kappa shape index (κ2) is 9.75. The van der Waals surface area contributed by atoms with Crippen LogP contribution in [0.5, 0.6) is 11.5 Å². The Bertz CT molecular complexity index is 1050. The van der Waals surface area contributed by atoms with Crippen LogP contribution in [0.2, 0.25) is 0 Å². The first-order valence-corrected chi connectivity index (χ1v) is 9.91. The summed E-state index contributed by atoms with van der Waals surface area (Å²) in [6.45, 7) is 2.07. The maximum atomic E-state index is 12.6. The topological polar surface area (TPSA) is 102 Å². The number of ether oxygens (including phenoxy) is 2. The molecule has 0 bridgehead atoms. The predicted molar refractivity (Wildman–Crippen MR) is 117 cm³/mol. The highest BCUT2D eigenvalue weighted by Gasteiger charge is 2.17. The molecule has 3 amide bonds. The molecule has 0 saturated carbocycles. The highest BCUT2D eigenvalue weighted by Crippen LogP contribution is 2.25. The molecule has 9 heteroatoms. The number of para-hydroxylation sites is 2. The molecule has 3 rings (SSSR count). The van der Waals surface area contributed by atoms with E-state index in [9.17, 15) is 9.59 Å². The van der Waals surface area contributed by atoms with Crippen molar-refractivity contribution >= 4 is 34.1 Å². The Morgan fingerprint density at radius 3 is 2.60 bits per heavy atom. The highest BCUT2D eigenvalue weighted by molar-refractivity contribution is 7.17. The number of amides is 3. The maximum absolute atomic E-state index is 12.6. The largest absolute Gasteiger partial charge is 0.497 e. The molecule has 0 spiro atoms. The number of rotatable bonds is 7. The summed E-state index contributed by atoms with van der Waals surface area (Å²) in [6.07, 6.45) is 0. The standard InChI is InChI=1S/C21H22N4O4S/c1-13-18(19(26)22-12-14-7-6-8-15(11-14)28-2)30-21(23-13)25-20(27)24-16-9-4-5-10-17(16)29-3/h4-11H,12H2,1-3H3,(H,22,26)(H2,23,24,25,27). The molecule has 30 heavy (non-hydrogen) atoms. The number of methoxy groups -OCH3 is 2. The van der Waals surface area contributed by atoms with Gasteiger partial charge in [0.2, 0.25) is 0 Å². The molecule has 0 aliphatic carbocycles. The minimum atomic E-state index is -0.475. The Balaban J connectivity index is 1.61. The second-order valence-corrected chi connectivity index (χ2v) is 7.25. The number of benzene rings is 2. The first-order valence-electron chi connectivity index (χ1n) is 9.09. The van der Waals surface area contributed by atoms with Crippen LogP contribution in [0.15, 0.2) is 48.5 Å². The van der Waals surface area contributed by atoms with Crippen LogP contribution in [-0.4, -0.2) is 31.1 Å². The summed E-state index contributed by atoms with van der Waals surface area (Å²) in [4.78, 5) is 29.5. The van der Waals surface area contributed by atoms with E-state index in [1.165, 1.54) is 7.11 Å². The molecule has 0 unspecified atom stereocenters. The third kappa shape index (κ3) is 5.26. The normalized spacial score (nSPS) is 10.2. The van der Waals surface area contributed by atoms with Gasteiger partial charge in [-0.3, -0.25) is 10.1 Å². The molecule has 3 aromatic rings. The first-order chi connectivity index (χ1) is 14.5. The van der Waals surface area contributed by atoms with E-state index in [4.69, 9.17) is 9.47 Å². The van der Waals surface area contributed by atoms with Crippen molar-refractivity contribution in [2.24, 2.45) is 0 Å². The molecule has 3 N–H and O–H groups in total. The Morgan fingerprint density at radius 2 is 1.83 bits per heavy atom. The van der Waals surface area contributed by atoms with Gasteiger partial charge in [-0.15, -0.1) is 0 Å². The monoisotopic (exact) mass is 426 g/mol. The summed E-state index contributed by atoms with van der Waals surface area (Å²) in [5.41, 5.74) is 1.98. The molecule has 1 aromatic heterocycles. The fourth-order valence-electron chi connectivity index (χ4n) is 2.70. The number of hydrogen-bond donors (Lipinski definition) is 3. The molecule has 0 radical (unpaired) electrons. The quantitative estimate of drug-likeness (QED) is 0.529. The smallest absolute Gasteiger partial charge is 0.325 e. The van der Waals surface area contributed by atoms with Gasteiger partial charge in [0.05, 0.1) is 25.6 Å². The summed E-state index contributed by atoms with van der Waals surface area (Å²) < 4.78 is 10.4. The average molecular weight is 426 g/mol. The van der Waals surface area contributed by atoms with Gasteiger partial charge in [0.15, 0.2) is 5.13 Å². The molecule has 0 saturated heterocycles.